The van der Waals surface area contributed by atoms with Gasteiger partial charge in [0.05, 0.1) is 5.69 Å². The van der Waals surface area contributed by atoms with Crippen molar-refractivity contribution in [3.63, 3.8) is 0 Å². The Hall–Kier alpha value is -2.59. The van der Waals surface area contributed by atoms with Crippen LogP contribution < -0.4 is 10.9 Å². The summed E-state index contributed by atoms with van der Waals surface area (Å²) in [5, 5.41) is 16.3. The summed E-state index contributed by atoms with van der Waals surface area (Å²) in [5.74, 6) is 0. The molecule has 136 valence electrons. The number of unbranched alkanes of at least 4 members (excludes halogenated alkanes) is 2. The Morgan fingerprint density at radius 3 is 2.77 bits per heavy atom. The molecule has 0 amide bonds. The van der Waals surface area contributed by atoms with Crippen LogP contribution in [-0.2, 0) is 6.54 Å². The van der Waals surface area contributed by atoms with Crippen LogP contribution in [0.2, 0.25) is 0 Å². The van der Waals surface area contributed by atoms with Gasteiger partial charge in [0.1, 0.15) is 0 Å². The molecule has 0 radical (unpaired) electrons. The third-order valence-corrected chi connectivity index (χ3v) is 4.48. The Balaban J connectivity index is 1.93. The number of benzene rings is 1. The molecule has 1 N–H and O–H groups in total. The Morgan fingerprint density at radius 2 is 2.08 bits per heavy atom. The first-order chi connectivity index (χ1) is 12.7. The molecular weight excluding hydrogens is 346 g/mol. The van der Waals surface area contributed by atoms with E-state index >= 15 is 0 Å². The fraction of sp³-hybridized carbons (Fsp3) is 0.368. The van der Waals surface area contributed by atoms with E-state index in [1.165, 1.54) is 11.8 Å². The smallest absolute Gasteiger partial charge is 0.269 e. The lowest BCUT2D eigenvalue weighted by molar-refractivity contribution is 0.523. The monoisotopic (exact) mass is 369 g/mol. The maximum absolute atomic E-state index is 12.3. The van der Waals surface area contributed by atoms with E-state index in [1.807, 2.05) is 55.8 Å². The first-order valence-corrected chi connectivity index (χ1v) is 9.76. The van der Waals surface area contributed by atoms with Gasteiger partial charge in [0, 0.05) is 24.2 Å². The lowest BCUT2D eigenvalue weighted by Crippen LogP contribution is -2.25. The number of thioether (sulfide) groups is 1. The molecule has 0 atom stereocenters. The first kappa shape index (κ1) is 19.7. The number of nitriles is 1. The van der Waals surface area contributed by atoms with Crippen LogP contribution in [-0.4, -0.2) is 27.7 Å². The van der Waals surface area contributed by atoms with Gasteiger partial charge in [0.15, 0.2) is 11.4 Å². The van der Waals surface area contributed by atoms with Crippen LogP contribution in [0.5, 0.6) is 0 Å². The zero-order valence-electron chi connectivity index (χ0n) is 15.1. The highest BCUT2D eigenvalue weighted by Crippen LogP contribution is 2.15. The number of aromatic nitrogens is 2. The van der Waals surface area contributed by atoms with Crippen molar-refractivity contribution in [3.05, 3.63) is 52.3 Å². The van der Waals surface area contributed by atoms with E-state index in [9.17, 15) is 4.79 Å². The third-order valence-electron chi connectivity index (χ3n) is 3.86. The minimum absolute atomic E-state index is 0.0365. The van der Waals surface area contributed by atoms with Crippen molar-refractivity contribution in [3.8, 4) is 17.5 Å². The van der Waals surface area contributed by atoms with Crippen molar-refractivity contribution in [1.29, 1.82) is 5.26 Å². The van der Waals surface area contributed by atoms with Gasteiger partial charge in [-0.05, 0) is 38.5 Å². The van der Waals surface area contributed by atoms with E-state index in [1.54, 1.807) is 4.68 Å². The molecule has 26 heavy (non-hydrogen) atoms. The number of nitrogens with zero attached hydrogens (tertiary/aromatic N) is 4. The molecule has 2 aromatic rings. The van der Waals surface area contributed by atoms with Crippen molar-refractivity contribution in [2.45, 2.75) is 32.7 Å². The molecule has 0 spiro atoms. The second-order valence-corrected chi connectivity index (χ2v) is 6.59. The maximum atomic E-state index is 12.3. The second-order valence-electron chi connectivity index (χ2n) is 5.80. The van der Waals surface area contributed by atoms with Crippen LogP contribution >= 0.6 is 11.8 Å². The lowest BCUT2D eigenvalue weighted by Gasteiger charge is -2.09. The van der Waals surface area contributed by atoms with Gasteiger partial charge < -0.3 is 0 Å². The summed E-state index contributed by atoms with van der Waals surface area (Å²) < 4.78 is 1.56. The zero-order chi connectivity index (χ0) is 18.8. The number of nitrogens with one attached hydrogen (secondary N) is 1. The van der Waals surface area contributed by atoms with E-state index in [0.29, 0.717) is 23.8 Å². The van der Waals surface area contributed by atoms with Crippen LogP contribution in [0.4, 0.5) is 0 Å². The predicted octanol–water partition coefficient (Wildman–Crippen LogP) is 3.18. The fourth-order valence-electron chi connectivity index (χ4n) is 2.51. The molecule has 1 aromatic carbocycles. The summed E-state index contributed by atoms with van der Waals surface area (Å²) in [5.41, 5.74) is 2.49. The van der Waals surface area contributed by atoms with Gasteiger partial charge in [-0.1, -0.05) is 42.1 Å². The van der Waals surface area contributed by atoms with E-state index < -0.39 is 0 Å². The van der Waals surface area contributed by atoms with Crippen molar-refractivity contribution >= 4 is 16.9 Å². The summed E-state index contributed by atoms with van der Waals surface area (Å²) >= 11 is 1.42. The molecule has 1 heterocycles. The van der Waals surface area contributed by atoms with Gasteiger partial charge in [-0.25, -0.2) is 4.68 Å². The minimum atomic E-state index is -0.0365. The summed E-state index contributed by atoms with van der Waals surface area (Å²) in [7, 11) is 0. The van der Waals surface area contributed by atoms with Crippen LogP contribution in [0.3, 0.4) is 0 Å². The third kappa shape index (κ3) is 5.74. The molecule has 0 saturated carbocycles. The van der Waals surface area contributed by atoms with Gasteiger partial charge in [-0.2, -0.15) is 10.4 Å². The lowest BCUT2D eigenvalue weighted by atomic mass is 10.1. The van der Waals surface area contributed by atoms with Gasteiger partial charge in [-0.15, -0.1) is 0 Å². The van der Waals surface area contributed by atoms with E-state index in [-0.39, 0.29) is 5.56 Å². The molecule has 0 saturated heterocycles. The molecule has 0 aliphatic carbocycles. The van der Waals surface area contributed by atoms with Crippen molar-refractivity contribution in [2.24, 2.45) is 4.99 Å². The van der Waals surface area contributed by atoms with E-state index in [2.05, 4.69) is 15.4 Å². The van der Waals surface area contributed by atoms with Crippen molar-refractivity contribution < 1.29 is 0 Å². The SMILES string of the molecule is CSC(=NCCCCCn1nc(-c2ccccc2)cc(C)c1=O)NC#N. The molecule has 0 aliphatic heterocycles. The standard InChI is InChI=1S/C19H23N5OS/c1-15-13-17(16-9-5-3-6-10-16)23-24(18(15)25)12-8-4-7-11-21-19(26-2)22-14-20/h3,5-6,9-10,13H,4,7-8,11-12H2,1-2H3,(H,21,22). The Kier molecular flexibility index (Phi) is 7.90. The molecular formula is C19H23N5OS. The quantitative estimate of drug-likeness (QED) is 0.266. The Labute approximate surface area is 158 Å². The number of aliphatic imine (C=N–C) groups is 1. The highest BCUT2D eigenvalue weighted by atomic mass is 32.2. The number of aryl methyl sites for hydroxylation is 2. The summed E-state index contributed by atoms with van der Waals surface area (Å²) in [4.78, 5) is 16.6. The summed E-state index contributed by atoms with van der Waals surface area (Å²) in [6, 6.07) is 11.7. The number of amidine groups is 1. The van der Waals surface area contributed by atoms with Crippen LogP contribution in [0, 0.1) is 18.4 Å². The highest BCUT2D eigenvalue weighted by molar-refractivity contribution is 8.13. The van der Waals surface area contributed by atoms with Crippen LogP contribution in [0.25, 0.3) is 11.3 Å². The average molecular weight is 369 g/mol. The number of rotatable bonds is 7. The first-order valence-electron chi connectivity index (χ1n) is 8.53. The number of hydrogen-bond acceptors (Lipinski definition) is 5. The molecule has 0 aliphatic rings. The van der Waals surface area contributed by atoms with Crippen LogP contribution in [0.1, 0.15) is 24.8 Å². The maximum Gasteiger partial charge on any atom is 0.269 e. The van der Waals surface area contributed by atoms with Crippen LogP contribution in [0.15, 0.2) is 46.2 Å². The largest absolute Gasteiger partial charge is 0.272 e. The van der Waals surface area contributed by atoms with Crippen molar-refractivity contribution in [2.75, 3.05) is 12.8 Å². The van der Waals surface area contributed by atoms with Gasteiger partial charge in [-0.3, -0.25) is 15.1 Å². The summed E-state index contributed by atoms with van der Waals surface area (Å²) in [6.45, 7) is 3.08. The summed E-state index contributed by atoms with van der Waals surface area (Å²) in [6.07, 6.45) is 6.47. The minimum Gasteiger partial charge on any atom is -0.272 e. The normalized spacial score (nSPS) is 11.2. The van der Waals surface area contributed by atoms with Gasteiger partial charge >= 0.3 is 0 Å². The molecule has 0 unspecified atom stereocenters. The molecule has 6 nitrogen and oxygen atoms in total. The Morgan fingerprint density at radius 1 is 1.31 bits per heavy atom. The predicted molar refractivity (Wildman–Crippen MR) is 107 cm³/mol. The highest BCUT2D eigenvalue weighted by Gasteiger charge is 2.07. The Bertz CT molecular complexity index is 839. The number of hydrogen-bond donors (Lipinski definition) is 1. The average Bonchev–Trinajstić information content (AvgIpc) is 2.67. The van der Waals surface area contributed by atoms with Gasteiger partial charge in [0.25, 0.3) is 5.56 Å². The molecule has 2 rings (SSSR count). The molecule has 7 heteroatoms. The molecule has 0 bridgehead atoms. The topological polar surface area (TPSA) is 83.1 Å². The molecule has 0 fully saturated rings. The van der Waals surface area contributed by atoms with Gasteiger partial charge in [0.2, 0.25) is 0 Å². The van der Waals surface area contributed by atoms with Crippen molar-refractivity contribution in [1.82, 2.24) is 15.1 Å². The van der Waals surface area contributed by atoms with E-state index in [0.717, 1.165) is 30.5 Å². The fourth-order valence-corrected chi connectivity index (χ4v) is 2.88. The second kappa shape index (κ2) is 10.4. The molecule has 1 aromatic heterocycles. The van der Waals surface area contributed by atoms with E-state index in [4.69, 9.17) is 5.26 Å². The zero-order valence-corrected chi connectivity index (χ0v) is 15.9.